The molecule has 0 bridgehead atoms. The average molecular weight is 796 g/mol. The predicted molar refractivity (Wildman–Crippen MR) is 228 cm³/mol. The number of rotatable bonds is 15. The molecule has 2 aliphatic heterocycles. The quantitative estimate of drug-likeness (QED) is 0.0495. The first kappa shape index (κ1) is 41.7. The average Bonchev–Trinajstić information content (AvgIpc) is 3.76. The summed E-state index contributed by atoms with van der Waals surface area (Å²) >= 11 is 1.02. The minimum atomic E-state index is -3.86. The van der Waals surface area contributed by atoms with Crippen LogP contribution in [-0.4, -0.2) is 44.0 Å². The Morgan fingerprint density at radius 1 is 0.750 bits per heavy atom. The van der Waals surface area contributed by atoms with Crippen LogP contribution >= 0.6 is 12.0 Å². The van der Waals surface area contributed by atoms with Gasteiger partial charge in [0.2, 0.25) is 5.71 Å². The van der Waals surface area contributed by atoms with Crippen LogP contribution in [0, 0.1) is 6.92 Å². The van der Waals surface area contributed by atoms with Gasteiger partial charge in [0.05, 0.1) is 0 Å². The number of nitrogens with zero attached hydrogens (tertiary/aromatic N) is 3. The van der Waals surface area contributed by atoms with E-state index in [4.69, 9.17) is 0 Å². The van der Waals surface area contributed by atoms with Crippen molar-refractivity contribution in [2.45, 2.75) is 102 Å². The molecule has 10 heteroatoms. The number of aryl methyl sites for hydroxylation is 1. The van der Waals surface area contributed by atoms with Gasteiger partial charge in [-0.05, 0) is 86.6 Å². The molecule has 1 aliphatic carbocycles. The monoisotopic (exact) mass is 795 g/mol. The summed E-state index contributed by atoms with van der Waals surface area (Å²) in [5, 5.41) is 13.7. The summed E-state index contributed by atoms with van der Waals surface area (Å²) in [6.07, 6.45) is 15.4. The molecular weight excluding hydrogens is 739 g/mol. The van der Waals surface area contributed by atoms with E-state index in [1.165, 1.54) is 38.6 Å². The fourth-order valence-electron chi connectivity index (χ4n) is 8.56. The molecule has 1 fully saturated rings. The van der Waals surface area contributed by atoms with E-state index >= 15 is 0 Å². The van der Waals surface area contributed by atoms with Crippen LogP contribution in [0.5, 0.6) is 0 Å². The molecule has 3 aliphatic rings. The van der Waals surface area contributed by atoms with Crippen molar-refractivity contribution < 1.29 is 27.0 Å². The van der Waals surface area contributed by atoms with Gasteiger partial charge < -0.3 is 15.1 Å². The zero-order chi connectivity index (χ0) is 40.1. The van der Waals surface area contributed by atoms with Crippen LogP contribution in [0.2, 0.25) is 0 Å². The zero-order valence-corrected chi connectivity index (χ0v) is 35.6. The van der Waals surface area contributed by atoms with E-state index in [1.807, 2.05) is 19.1 Å². The van der Waals surface area contributed by atoms with E-state index in [0.717, 1.165) is 91.8 Å². The lowest BCUT2D eigenvalue weighted by Gasteiger charge is -2.27. The minimum Gasteiger partial charge on any atom is -0.691 e. The maximum absolute atomic E-state index is 14.4. The first-order chi connectivity index (χ1) is 26.8. The van der Waals surface area contributed by atoms with Gasteiger partial charge >= 0.3 is 10.0 Å². The van der Waals surface area contributed by atoms with Crippen LogP contribution < -0.4 is 15.1 Å². The standard InChI is InChI=1S/C46H57N3O5S2/c1-8-9-14-31-48-40-19-12-10-17-38(40)45(3,4)42(48)29-25-35-23-24-36(44(35)47(7)56(51,52)37-27-21-34(2)22-28-37)26-30-43-46(5,6)39-18-11-13-20-41(39)49(43)32-15-16-33-55-54-53-50/h10-13,17-22,25-30H,8-9,14-16,23-24,31-33H2,1-7H3. The second-order valence-corrected chi connectivity index (χ2v) is 18.8. The van der Waals surface area contributed by atoms with Crippen LogP contribution in [0.1, 0.15) is 96.3 Å². The Labute approximate surface area is 339 Å². The lowest BCUT2D eigenvalue weighted by Crippen LogP contribution is -2.27. The highest BCUT2D eigenvalue weighted by Gasteiger charge is 2.42. The van der Waals surface area contributed by atoms with Gasteiger partial charge in [0.15, 0.2) is 7.05 Å². The summed E-state index contributed by atoms with van der Waals surface area (Å²) in [5.41, 5.74) is 10.7. The number of hydrogen-bond acceptors (Lipinski definition) is 8. The summed E-state index contributed by atoms with van der Waals surface area (Å²) in [6.45, 7) is 15.0. The number of hydrogen-bond donors (Lipinski definition) is 0. The highest BCUT2D eigenvalue weighted by Crippen LogP contribution is 2.49. The topological polar surface area (TPSA) is 85.2 Å². The van der Waals surface area contributed by atoms with E-state index in [2.05, 4.69) is 127 Å². The first-order valence-electron chi connectivity index (χ1n) is 19.9. The molecule has 3 aromatic rings. The molecule has 0 amide bonds. The third kappa shape index (κ3) is 8.36. The van der Waals surface area contributed by atoms with E-state index in [9.17, 15) is 13.7 Å². The molecule has 2 heterocycles. The molecule has 56 heavy (non-hydrogen) atoms. The third-order valence-corrected chi connectivity index (χ3v) is 14.0. The van der Waals surface area contributed by atoms with Gasteiger partial charge in [0.1, 0.15) is 4.90 Å². The number of benzene rings is 3. The normalized spacial score (nSPS) is 21.1. The van der Waals surface area contributed by atoms with E-state index in [1.54, 1.807) is 19.2 Å². The molecular formula is C46H57N3O5S2. The van der Waals surface area contributed by atoms with Crippen molar-refractivity contribution >= 4 is 39.2 Å². The minimum absolute atomic E-state index is 0.205. The Morgan fingerprint density at radius 3 is 1.75 bits per heavy atom. The largest absolute Gasteiger partial charge is 0.691 e. The molecule has 6 rings (SSSR count). The Balaban J connectivity index is 1.44. The molecule has 0 saturated heterocycles. The Morgan fingerprint density at radius 2 is 1.25 bits per heavy atom. The van der Waals surface area contributed by atoms with E-state index in [-0.39, 0.29) is 15.7 Å². The summed E-state index contributed by atoms with van der Waals surface area (Å²) in [4.78, 5) is 5.14. The molecule has 0 N–H and O–H groups in total. The van der Waals surface area contributed by atoms with Gasteiger partial charge in [-0.2, -0.15) is 12.8 Å². The molecule has 0 unspecified atom stereocenters. The fourth-order valence-corrected chi connectivity index (χ4v) is 10.3. The molecule has 8 nitrogen and oxygen atoms in total. The molecule has 1 saturated carbocycles. The van der Waals surface area contributed by atoms with Crippen LogP contribution in [-0.2, 0) is 30.2 Å². The summed E-state index contributed by atoms with van der Waals surface area (Å²) in [5.74, 6) is 0.648. The second-order valence-electron chi connectivity index (χ2n) is 16.1. The van der Waals surface area contributed by atoms with Crippen LogP contribution in [0.4, 0.5) is 11.4 Å². The predicted octanol–water partition coefficient (Wildman–Crippen LogP) is 9.62. The fraction of sp³-hybridized carbons (Fsp3) is 0.413. The van der Waals surface area contributed by atoms with Crippen LogP contribution in [0.15, 0.2) is 125 Å². The number of anilines is 2. The Kier molecular flexibility index (Phi) is 13.2. The van der Waals surface area contributed by atoms with Gasteiger partial charge in [-0.3, -0.25) is 5.04 Å². The van der Waals surface area contributed by atoms with E-state index < -0.39 is 10.0 Å². The molecule has 3 aromatic carbocycles. The summed E-state index contributed by atoms with van der Waals surface area (Å²) < 4.78 is 34.7. The van der Waals surface area contributed by atoms with E-state index in [0.29, 0.717) is 5.75 Å². The number of para-hydroxylation sites is 2. The van der Waals surface area contributed by atoms with Crippen molar-refractivity contribution in [3.8, 4) is 0 Å². The summed E-state index contributed by atoms with van der Waals surface area (Å²) in [6, 6.07) is 24.4. The first-order valence-corrected chi connectivity index (χ1v) is 22.3. The lowest BCUT2D eigenvalue weighted by molar-refractivity contribution is -0.777. The van der Waals surface area contributed by atoms with Crippen molar-refractivity contribution in [3.05, 3.63) is 136 Å². The smallest absolute Gasteiger partial charge is 0.395 e. The molecule has 298 valence electrons. The van der Waals surface area contributed by atoms with Crippen molar-refractivity contribution in [1.29, 1.82) is 0 Å². The number of allylic oxidation sites excluding steroid dienone is 8. The van der Waals surface area contributed by atoms with Gasteiger partial charge in [-0.15, -0.1) is 3.98 Å². The van der Waals surface area contributed by atoms with Gasteiger partial charge in [-0.1, -0.05) is 114 Å². The molecule has 0 radical (unpaired) electrons. The van der Waals surface area contributed by atoms with Crippen molar-refractivity contribution in [1.82, 2.24) is 0 Å². The van der Waals surface area contributed by atoms with Gasteiger partial charge in [-0.25, -0.2) is 0 Å². The summed E-state index contributed by atoms with van der Waals surface area (Å²) in [7, 11) is -2.16. The van der Waals surface area contributed by atoms with Crippen molar-refractivity contribution in [3.63, 3.8) is 0 Å². The van der Waals surface area contributed by atoms with Gasteiger partial charge in [0, 0.05) is 75.6 Å². The van der Waals surface area contributed by atoms with Crippen LogP contribution in [0.25, 0.3) is 0 Å². The van der Waals surface area contributed by atoms with Gasteiger partial charge in [0.25, 0.3) is 0 Å². The SMILES string of the molecule is CCCCCN1/C(=C/C=C2CCC(=CC=C3N(CCCCSOO[O-])c4ccccc4C3(C)C)C2=[N+](C)S(=O)(=O)c2ccc(C)cc2)C(C)(C)c2ccccc21. The van der Waals surface area contributed by atoms with Crippen LogP contribution in [0.3, 0.4) is 0 Å². The third-order valence-electron chi connectivity index (χ3n) is 11.7. The highest BCUT2D eigenvalue weighted by molar-refractivity contribution is 7.94. The second kappa shape index (κ2) is 17.7. The maximum atomic E-state index is 14.4. The lowest BCUT2D eigenvalue weighted by atomic mass is 9.83. The maximum Gasteiger partial charge on any atom is 0.395 e. The van der Waals surface area contributed by atoms with Crippen molar-refractivity contribution in [2.75, 3.05) is 35.7 Å². The Bertz CT molecular complexity index is 2160. The Hall–Kier alpha value is -3.93. The number of unbranched alkanes of at least 4 members (excludes halogenated alkanes) is 3. The molecule has 0 spiro atoms. The zero-order valence-electron chi connectivity index (χ0n) is 34.0. The molecule has 0 atom stereocenters. The highest BCUT2D eigenvalue weighted by atomic mass is 32.2. The molecule has 0 aromatic heterocycles. The number of sulfonamides is 1. The van der Waals surface area contributed by atoms with Crippen molar-refractivity contribution in [2.24, 2.45) is 0 Å². The number of fused-ring (bicyclic) bond motifs is 2.